The van der Waals surface area contributed by atoms with Gasteiger partial charge in [-0.25, -0.2) is 4.79 Å². The van der Waals surface area contributed by atoms with Crippen molar-refractivity contribution >= 4 is 27.7 Å². The van der Waals surface area contributed by atoms with Crippen LogP contribution in [-0.4, -0.2) is 5.78 Å². The molecule has 4 heteroatoms. The Hall–Kier alpha value is -2.36. The number of furan rings is 1. The normalized spacial score (nSPS) is 11.2. The van der Waals surface area contributed by atoms with Crippen LogP contribution in [0.5, 0.6) is 0 Å². The average Bonchev–Trinajstić information content (AvgIpc) is 2.73. The lowest BCUT2D eigenvalue weighted by atomic mass is 10.0. The quantitative estimate of drug-likeness (QED) is 0.486. The van der Waals surface area contributed by atoms with Gasteiger partial charge in [-0.2, -0.15) is 0 Å². The van der Waals surface area contributed by atoms with Crippen LogP contribution in [0.25, 0.3) is 21.9 Å². The summed E-state index contributed by atoms with van der Waals surface area (Å²) in [6.45, 7) is 3.24. The minimum atomic E-state index is -0.464. The number of benzene rings is 1. The molecule has 2 heterocycles. The number of aryl methyl sites for hydroxylation is 1. The van der Waals surface area contributed by atoms with E-state index in [9.17, 15) is 9.59 Å². The molecule has 0 amide bonds. The van der Waals surface area contributed by atoms with E-state index in [0.717, 1.165) is 16.3 Å². The Bertz CT molecular complexity index is 836. The predicted molar refractivity (Wildman–Crippen MR) is 67.0 cm³/mol. The van der Waals surface area contributed by atoms with Gasteiger partial charge in [0.2, 0.25) is 0 Å². The lowest BCUT2D eigenvalue weighted by Crippen LogP contribution is -2.02. The van der Waals surface area contributed by atoms with E-state index in [1.165, 1.54) is 19.3 Å². The zero-order chi connectivity index (χ0) is 12.9. The predicted octanol–water partition coefficient (Wildman–Crippen LogP) is 3.05. The number of hydrogen-bond acceptors (Lipinski definition) is 4. The van der Waals surface area contributed by atoms with Gasteiger partial charge in [0.05, 0.1) is 6.26 Å². The van der Waals surface area contributed by atoms with Gasteiger partial charge in [-0.15, -0.1) is 0 Å². The maximum atomic E-state index is 11.8. The van der Waals surface area contributed by atoms with Gasteiger partial charge in [0.1, 0.15) is 11.1 Å². The highest BCUT2D eigenvalue weighted by Crippen LogP contribution is 2.30. The number of carbonyl (C=O) groups excluding carboxylic acids is 1. The second kappa shape index (κ2) is 3.57. The fraction of sp³-hybridized carbons (Fsp3) is 0.143. The van der Waals surface area contributed by atoms with E-state index in [0.29, 0.717) is 16.7 Å². The van der Waals surface area contributed by atoms with Crippen LogP contribution in [0, 0.1) is 6.92 Å². The van der Waals surface area contributed by atoms with Crippen molar-refractivity contribution < 1.29 is 13.6 Å². The summed E-state index contributed by atoms with van der Waals surface area (Å²) in [6.07, 6.45) is 1.52. The second-order valence-corrected chi connectivity index (χ2v) is 4.27. The maximum absolute atomic E-state index is 11.8. The summed E-state index contributed by atoms with van der Waals surface area (Å²) in [5.74, 6) is -0.186. The van der Waals surface area contributed by atoms with Crippen LogP contribution in [0.15, 0.2) is 38.1 Å². The molecule has 2 aromatic heterocycles. The van der Waals surface area contributed by atoms with E-state index in [4.69, 9.17) is 8.83 Å². The number of fused-ring (bicyclic) bond motifs is 2. The number of hydrogen-bond donors (Lipinski definition) is 0. The molecule has 0 aliphatic carbocycles. The first kappa shape index (κ1) is 10.8. The smallest absolute Gasteiger partial charge is 0.336 e. The Balaban J connectivity index is 2.67. The van der Waals surface area contributed by atoms with E-state index < -0.39 is 5.63 Å². The molecule has 0 radical (unpaired) electrons. The summed E-state index contributed by atoms with van der Waals surface area (Å²) >= 11 is 0. The van der Waals surface area contributed by atoms with Crippen LogP contribution in [0.4, 0.5) is 0 Å². The van der Waals surface area contributed by atoms with Crippen LogP contribution >= 0.6 is 0 Å². The first-order valence-corrected chi connectivity index (χ1v) is 5.53. The van der Waals surface area contributed by atoms with Gasteiger partial charge in [0.25, 0.3) is 0 Å². The third-order valence-electron chi connectivity index (χ3n) is 3.01. The molecule has 3 aromatic rings. The Labute approximate surface area is 102 Å². The van der Waals surface area contributed by atoms with Gasteiger partial charge in [0.15, 0.2) is 11.4 Å². The molecule has 0 saturated carbocycles. The highest BCUT2D eigenvalue weighted by molar-refractivity contribution is 6.15. The lowest BCUT2D eigenvalue weighted by Gasteiger charge is -2.05. The van der Waals surface area contributed by atoms with Crippen molar-refractivity contribution in [2.24, 2.45) is 0 Å². The topological polar surface area (TPSA) is 60.4 Å². The molecule has 18 heavy (non-hydrogen) atoms. The van der Waals surface area contributed by atoms with Crippen LogP contribution in [-0.2, 0) is 0 Å². The highest BCUT2D eigenvalue weighted by Gasteiger charge is 2.17. The van der Waals surface area contributed by atoms with Crippen LogP contribution < -0.4 is 5.63 Å². The third-order valence-corrected chi connectivity index (χ3v) is 3.01. The molecule has 0 aliphatic heterocycles. The molecule has 3 rings (SSSR count). The van der Waals surface area contributed by atoms with Crippen molar-refractivity contribution in [2.75, 3.05) is 0 Å². The van der Waals surface area contributed by atoms with Gasteiger partial charge in [-0.1, -0.05) is 0 Å². The fourth-order valence-corrected chi connectivity index (χ4v) is 2.20. The molecule has 0 atom stereocenters. The van der Waals surface area contributed by atoms with E-state index in [2.05, 4.69) is 0 Å². The molecule has 0 spiro atoms. The monoisotopic (exact) mass is 242 g/mol. The average molecular weight is 242 g/mol. The van der Waals surface area contributed by atoms with Crippen LogP contribution in [0.3, 0.4) is 0 Å². The largest absolute Gasteiger partial charge is 0.463 e. The summed E-state index contributed by atoms with van der Waals surface area (Å²) in [6, 6.07) is 5.06. The molecule has 0 aliphatic rings. The first-order chi connectivity index (χ1) is 8.58. The molecule has 1 aromatic carbocycles. The summed E-state index contributed by atoms with van der Waals surface area (Å²) < 4.78 is 10.5. The number of carbonyl (C=O) groups is 1. The van der Waals surface area contributed by atoms with Crippen LogP contribution in [0.2, 0.25) is 0 Å². The van der Waals surface area contributed by atoms with E-state index in [1.54, 1.807) is 6.07 Å². The minimum Gasteiger partial charge on any atom is -0.463 e. The SMILES string of the molecule is CC(=O)c1c2occc2cc2c(C)cc(=O)oc12. The zero-order valence-corrected chi connectivity index (χ0v) is 9.94. The highest BCUT2D eigenvalue weighted by atomic mass is 16.4. The minimum absolute atomic E-state index is 0.186. The van der Waals surface area contributed by atoms with Gasteiger partial charge >= 0.3 is 5.63 Å². The maximum Gasteiger partial charge on any atom is 0.336 e. The van der Waals surface area contributed by atoms with E-state index in [-0.39, 0.29) is 5.78 Å². The summed E-state index contributed by atoms with van der Waals surface area (Å²) in [5.41, 5.74) is 1.41. The molecular formula is C14H10O4. The summed E-state index contributed by atoms with van der Waals surface area (Å²) in [5, 5.41) is 1.58. The van der Waals surface area contributed by atoms with E-state index >= 15 is 0 Å². The molecule has 4 nitrogen and oxygen atoms in total. The number of rotatable bonds is 1. The molecular weight excluding hydrogens is 232 g/mol. The van der Waals surface area contributed by atoms with Crippen molar-refractivity contribution in [3.8, 4) is 0 Å². The molecule has 0 N–H and O–H groups in total. The first-order valence-electron chi connectivity index (χ1n) is 5.53. The Morgan fingerprint density at radius 1 is 1.22 bits per heavy atom. The molecule has 0 bridgehead atoms. The van der Waals surface area contributed by atoms with Crippen molar-refractivity contribution in [1.29, 1.82) is 0 Å². The lowest BCUT2D eigenvalue weighted by molar-refractivity contribution is 0.101. The van der Waals surface area contributed by atoms with E-state index in [1.807, 2.05) is 13.0 Å². The molecule has 0 saturated heterocycles. The standard InChI is InChI=1S/C14H10O4/c1-7-5-11(16)18-14-10(7)6-9-3-4-17-13(9)12(14)8(2)15/h3-6H,1-2H3. The van der Waals surface area contributed by atoms with Crippen molar-refractivity contribution in [2.45, 2.75) is 13.8 Å². The van der Waals surface area contributed by atoms with Gasteiger partial charge in [-0.3, -0.25) is 4.79 Å². The van der Waals surface area contributed by atoms with Gasteiger partial charge in [0, 0.05) is 16.8 Å². The molecule has 0 fully saturated rings. The number of ketones is 1. The fourth-order valence-electron chi connectivity index (χ4n) is 2.20. The Kier molecular flexibility index (Phi) is 2.13. The number of Topliss-reactive ketones (excluding diaryl/α,β-unsaturated/α-hetero) is 1. The Morgan fingerprint density at radius 2 is 2.00 bits per heavy atom. The summed E-state index contributed by atoms with van der Waals surface area (Å²) in [4.78, 5) is 23.2. The van der Waals surface area contributed by atoms with Crippen molar-refractivity contribution in [1.82, 2.24) is 0 Å². The van der Waals surface area contributed by atoms with Gasteiger partial charge in [-0.05, 0) is 31.5 Å². The van der Waals surface area contributed by atoms with Gasteiger partial charge < -0.3 is 8.83 Å². The Morgan fingerprint density at radius 3 is 2.72 bits per heavy atom. The summed E-state index contributed by atoms with van der Waals surface area (Å²) in [7, 11) is 0. The van der Waals surface area contributed by atoms with Crippen LogP contribution in [0.1, 0.15) is 22.8 Å². The molecule has 0 unspecified atom stereocenters. The van der Waals surface area contributed by atoms with Crippen molar-refractivity contribution in [3.05, 3.63) is 46.0 Å². The molecule has 90 valence electrons. The second-order valence-electron chi connectivity index (χ2n) is 4.27. The zero-order valence-electron chi connectivity index (χ0n) is 9.94. The van der Waals surface area contributed by atoms with Crippen molar-refractivity contribution in [3.63, 3.8) is 0 Å². The third kappa shape index (κ3) is 1.39.